The van der Waals surface area contributed by atoms with Crippen molar-refractivity contribution < 1.29 is 14.6 Å². The van der Waals surface area contributed by atoms with Crippen LogP contribution in [0.5, 0.6) is 0 Å². The number of aromatic nitrogens is 1. The molecule has 5 heteroatoms. The number of nitrogens with one attached hydrogen (secondary N) is 1. The number of aliphatic hydroxyl groups excluding tert-OH is 1. The number of fused-ring (bicyclic) bond motifs is 1. The highest BCUT2D eigenvalue weighted by atomic mass is 16.5. The number of para-hydroxylation sites is 1. The van der Waals surface area contributed by atoms with Gasteiger partial charge < -0.3 is 15.2 Å². The SMILES string of the molecule is O=C(N[C@@H](c1cnc2ccccc2c1)C1CC(O)C1)C1CCOCC1. The lowest BCUT2D eigenvalue weighted by Gasteiger charge is -2.39. The van der Waals surface area contributed by atoms with E-state index >= 15 is 0 Å². The van der Waals surface area contributed by atoms with E-state index < -0.39 is 0 Å². The van der Waals surface area contributed by atoms with Crippen molar-refractivity contribution in [1.82, 2.24) is 10.3 Å². The molecule has 1 atom stereocenters. The second-order valence-corrected chi connectivity index (χ2v) is 7.22. The van der Waals surface area contributed by atoms with Gasteiger partial charge in [0.25, 0.3) is 0 Å². The van der Waals surface area contributed by atoms with Gasteiger partial charge in [0.15, 0.2) is 0 Å². The van der Waals surface area contributed by atoms with Gasteiger partial charge in [-0.3, -0.25) is 9.78 Å². The molecule has 2 fully saturated rings. The fraction of sp³-hybridized carbons (Fsp3) is 0.500. The highest BCUT2D eigenvalue weighted by Gasteiger charge is 2.37. The van der Waals surface area contributed by atoms with Crippen LogP contribution < -0.4 is 5.32 Å². The lowest BCUT2D eigenvalue weighted by Crippen LogP contribution is -2.44. The number of amides is 1. The first-order chi connectivity index (χ1) is 12.2. The number of pyridine rings is 1. The first-order valence-corrected chi connectivity index (χ1v) is 9.11. The van der Waals surface area contributed by atoms with Gasteiger partial charge in [-0.15, -0.1) is 0 Å². The van der Waals surface area contributed by atoms with E-state index in [0.717, 1.165) is 42.1 Å². The van der Waals surface area contributed by atoms with Crippen molar-refractivity contribution in [2.45, 2.75) is 37.8 Å². The van der Waals surface area contributed by atoms with Crippen LogP contribution in [0.1, 0.15) is 37.3 Å². The number of hydrogen-bond acceptors (Lipinski definition) is 4. The number of ether oxygens (including phenoxy) is 1. The molecule has 25 heavy (non-hydrogen) atoms. The summed E-state index contributed by atoms with van der Waals surface area (Å²) in [5.41, 5.74) is 1.98. The average molecular weight is 340 g/mol. The molecule has 0 bridgehead atoms. The zero-order valence-electron chi connectivity index (χ0n) is 14.2. The Labute approximate surface area is 147 Å². The molecule has 1 amide bonds. The number of nitrogens with zero attached hydrogens (tertiary/aromatic N) is 1. The Balaban J connectivity index is 1.57. The molecule has 1 aliphatic carbocycles. The largest absolute Gasteiger partial charge is 0.393 e. The maximum atomic E-state index is 12.7. The lowest BCUT2D eigenvalue weighted by molar-refractivity contribution is -0.129. The summed E-state index contributed by atoms with van der Waals surface area (Å²) in [6, 6.07) is 10.0. The predicted molar refractivity (Wildman–Crippen MR) is 94.9 cm³/mol. The maximum Gasteiger partial charge on any atom is 0.223 e. The monoisotopic (exact) mass is 340 g/mol. The smallest absolute Gasteiger partial charge is 0.223 e. The molecule has 2 aromatic rings. The van der Waals surface area contributed by atoms with Crippen LogP contribution >= 0.6 is 0 Å². The van der Waals surface area contributed by atoms with Gasteiger partial charge in [-0.2, -0.15) is 0 Å². The van der Waals surface area contributed by atoms with E-state index in [0.29, 0.717) is 13.2 Å². The normalized spacial score (nSPS) is 25.3. The summed E-state index contributed by atoms with van der Waals surface area (Å²) in [5, 5.41) is 14.0. The third-order valence-corrected chi connectivity index (χ3v) is 5.48. The molecule has 2 N–H and O–H groups in total. The molecule has 1 saturated carbocycles. The van der Waals surface area contributed by atoms with Crippen molar-refractivity contribution in [2.75, 3.05) is 13.2 Å². The number of rotatable bonds is 4. The summed E-state index contributed by atoms with van der Waals surface area (Å²) in [5.74, 6) is 0.388. The van der Waals surface area contributed by atoms with E-state index in [-0.39, 0.29) is 29.9 Å². The number of carbonyl (C=O) groups is 1. The molecule has 132 valence electrons. The van der Waals surface area contributed by atoms with Crippen molar-refractivity contribution in [1.29, 1.82) is 0 Å². The zero-order valence-corrected chi connectivity index (χ0v) is 14.2. The van der Waals surface area contributed by atoms with Crippen molar-refractivity contribution in [3.8, 4) is 0 Å². The molecule has 1 aromatic heterocycles. The van der Waals surface area contributed by atoms with Crippen LogP contribution in [0.4, 0.5) is 0 Å². The highest BCUT2D eigenvalue weighted by molar-refractivity contribution is 5.81. The van der Waals surface area contributed by atoms with Crippen LogP contribution in [0.3, 0.4) is 0 Å². The summed E-state index contributed by atoms with van der Waals surface area (Å²) in [7, 11) is 0. The molecule has 1 saturated heterocycles. The second kappa shape index (κ2) is 7.10. The second-order valence-electron chi connectivity index (χ2n) is 7.22. The topological polar surface area (TPSA) is 71.5 Å². The van der Waals surface area contributed by atoms with Crippen molar-refractivity contribution in [2.24, 2.45) is 11.8 Å². The van der Waals surface area contributed by atoms with Crippen LogP contribution in [0.25, 0.3) is 10.9 Å². The molecule has 1 aliphatic heterocycles. The van der Waals surface area contributed by atoms with E-state index in [2.05, 4.69) is 16.4 Å². The minimum atomic E-state index is -0.249. The Morgan fingerprint density at radius 1 is 1.24 bits per heavy atom. The fourth-order valence-corrected chi connectivity index (χ4v) is 3.86. The minimum absolute atomic E-state index is 0.0228. The first kappa shape index (κ1) is 16.5. The quantitative estimate of drug-likeness (QED) is 0.897. The Hall–Kier alpha value is -1.98. The van der Waals surface area contributed by atoms with E-state index in [1.54, 1.807) is 0 Å². The van der Waals surface area contributed by atoms with E-state index in [4.69, 9.17) is 4.74 Å². The van der Waals surface area contributed by atoms with Gasteiger partial charge in [-0.1, -0.05) is 18.2 Å². The number of aliphatic hydroxyl groups is 1. The van der Waals surface area contributed by atoms with Gasteiger partial charge in [0.2, 0.25) is 5.91 Å². The molecule has 2 heterocycles. The summed E-state index contributed by atoms with van der Waals surface area (Å²) in [6.07, 6.45) is 4.63. The summed E-state index contributed by atoms with van der Waals surface area (Å²) in [6.45, 7) is 1.31. The highest BCUT2D eigenvalue weighted by Crippen LogP contribution is 2.38. The fourth-order valence-electron chi connectivity index (χ4n) is 3.86. The van der Waals surface area contributed by atoms with E-state index in [1.807, 2.05) is 30.5 Å². The molecular formula is C20H24N2O3. The molecule has 1 aromatic carbocycles. The summed E-state index contributed by atoms with van der Waals surface area (Å²) in [4.78, 5) is 17.3. The molecule has 4 rings (SSSR count). The van der Waals surface area contributed by atoms with Gasteiger partial charge in [0, 0.05) is 30.7 Å². The van der Waals surface area contributed by atoms with Crippen LogP contribution in [0, 0.1) is 11.8 Å². The Morgan fingerprint density at radius 2 is 2.00 bits per heavy atom. The zero-order chi connectivity index (χ0) is 17.2. The van der Waals surface area contributed by atoms with Crippen molar-refractivity contribution in [3.63, 3.8) is 0 Å². The maximum absolute atomic E-state index is 12.7. The standard InChI is InChI=1S/C20H24N2O3/c23-17-10-15(11-17)19(22-20(24)13-5-7-25-8-6-13)16-9-14-3-1-2-4-18(14)21-12-16/h1-4,9,12-13,15,17,19,23H,5-8,10-11H2,(H,22,24)/t15?,17?,19-/m1/s1. The van der Waals surface area contributed by atoms with Crippen LogP contribution in [-0.4, -0.2) is 35.3 Å². The van der Waals surface area contributed by atoms with Crippen LogP contribution in [-0.2, 0) is 9.53 Å². The first-order valence-electron chi connectivity index (χ1n) is 9.11. The third-order valence-electron chi connectivity index (χ3n) is 5.48. The number of hydrogen-bond donors (Lipinski definition) is 2. The van der Waals surface area contributed by atoms with Gasteiger partial charge in [0.1, 0.15) is 0 Å². The third kappa shape index (κ3) is 3.53. The Morgan fingerprint density at radius 3 is 2.76 bits per heavy atom. The molecule has 0 radical (unpaired) electrons. The van der Waals surface area contributed by atoms with Gasteiger partial charge in [-0.25, -0.2) is 0 Å². The molecule has 2 aliphatic rings. The summed E-state index contributed by atoms with van der Waals surface area (Å²) >= 11 is 0. The van der Waals surface area contributed by atoms with Gasteiger partial charge >= 0.3 is 0 Å². The van der Waals surface area contributed by atoms with Crippen LogP contribution in [0.2, 0.25) is 0 Å². The van der Waals surface area contributed by atoms with Crippen LogP contribution in [0.15, 0.2) is 36.5 Å². The molecular weight excluding hydrogens is 316 g/mol. The Bertz CT molecular complexity index is 751. The van der Waals surface area contributed by atoms with Gasteiger partial charge in [-0.05, 0) is 49.3 Å². The van der Waals surface area contributed by atoms with Gasteiger partial charge in [0.05, 0.1) is 17.7 Å². The average Bonchev–Trinajstić information content (AvgIpc) is 2.64. The minimum Gasteiger partial charge on any atom is -0.393 e. The van der Waals surface area contributed by atoms with E-state index in [9.17, 15) is 9.90 Å². The predicted octanol–water partition coefficient (Wildman–Crippen LogP) is 2.59. The molecule has 0 spiro atoms. The number of benzene rings is 1. The van der Waals surface area contributed by atoms with Crippen molar-refractivity contribution >= 4 is 16.8 Å². The van der Waals surface area contributed by atoms with Crippen molar-refractivity contribution in [3.05, 3.63) is 42.1 Å². The molecule has 0 unspecified atom stereocenters. The summed E-state index contributed by atoms with van der Waals surface area (Å²) < 4.78 is 5.36. The lowest BCUT2D eigenvalue weighted by atomic mass is 9.75. The molecule has 5 nitrogen and oxygen atoms in total. The number of carbonyl (C=O) groups excluding carboxylic acids is 1. The Kier molecular flexibility index (Phi) is 4.68. The van der Waals surface area contributed by atoms with E-state index in [1.165, 1.54) is 0 Å².